The van der Waals surface area contributed by atoms with Crippen molar-refractivity contribution in [3.8, 4) is 0 Å². The van der Waals surface area contributed by atoms with Gasteiger partial charge < -0.3 is 10.2 Å². The van der Waals surface area contributed by atoms with E-state index < -0.39 is 11.9 Å². The van der Waals surface area contributed by atoms with Gasteiger partial charge in [-0.15, -0.1) is 0 Å². The van der Waals surface area contributed by atoms with Crippen molar-refractivity contribution in [2.24, 2.45) is 0 Å². The summed E-state index contributed by atoms with van der Waals surface area (Å²) in [5, 5.41) is 16.3. The van der Waals surface area contributed by atoms with Crippen LogP contribution in [0.4, 0.5) is 0 Å². The molecule has 4 nitrogen and oxygen atoms in total. The predicted molar refractivity (Wildman–Crippen MR) is 33.7 cm³/mol. The van der Waals surface area contributed by atoms with Gasteiger partial charge in [0, 0.05) is 54.6 Å². The number of hydrogen-bond acceptors (Lipinski definition) is 2. The number of carboxylic acid groups (broad SMARTS) is 2. The Morgan fingerprint density at radius 3 is 1.36 bits per heavy atom. The van der Waals surface area contributed by atoms with E-state index in [1.165, 1.54) is 0 Å². The van der Waals surface area contributed by atoms with Gasteiger partial charge in [0.25, 0.3) is 0 Å². The van der Waals surface area contributed by atoms with Gasteiger partial charge >= 0.3 is 11.9 Å². The molecule has 0 radical (unpaired) electrons. The van der Waals surface area contributed by atoms with Gasteiger partial charge in [-0.25, -0.2) is 0 Å². The number of carbonyl (C=O) groups is 2. The number of hydrogen-bond donors (Lipinski definition) is 2. The fraction of sp³-hybridized carbons (Fsp3) is 0.667. The predicted octanol–water partition coefficient (Wildman–Crippen LogP) is 0.716. The normalized spacial score (nSPS) is 8.36. The molecule has 0 aromatic carbocycles. The molecule has 0 rings (SSSR count). The van der Waals surface area contributed by atoms with Crippen LogP contribution in [-0.2, 0) is 9.59 Å². The van der Waals surface area contributed by atoms with E-state index in [0.717, 1.165) is 0 Å². The largest absolute Gasteiger partial charge is 0.481 e. The summed E-state index contributed by atoms with van der Waals surface area (Å²) in [6.45, 7) is 0. The second-order valence-electron chi connectivity index (χ2n) is 1.99. The summed E-state index contributed by atoms with van der Waals surface area (Å²) >= 11 is 0. The summed E-state index contributed by atoms with van der Waals surface area (Å²) in [5.41, 5.74) is 0. The number of rotatable bonds is 5. The van der Waals surface area contributed by atoms with Crippen LogP contribution in [0.3, 0.4) is 0 Å². The van der Waals surface area contributed by atoms with E-state index in [2.05, 4.69) is 0 Å². The van der Waals surface area contributed by atoms with E-state index >= 15 is 0 Å². The number of aliphatic carboxylic acids is 2. The van der Waals surface area contributed by atoms with E-state index in [-0.39, 0.29) is 54.6 Å². The zero-order chi connectivity index (χ0) is 7.98. The second kappa shape index (κ2) is 8.41. The third-order valence-corrected chi connectivity index (χ3v) is 1.03. The van der Waals surface area contributed by atoms with Crippen molar-refractivity contribution < 1.29 is 61.5 Å². The van der Waals surface area contributed by atoms with Crippen LogP contribution in [0, 0.1) is 41.7 Å². The molecule has 0 heterocycles. The van der Waals surface area contributed by atoms with Gasteiger partial charge in [0.1, 0.15) is 0 Å². The fourth-order valence-corrected chi connectivity index (χ4v) is 0.552. The first-order chi connectivity index (χ1) is 4.63. The molecule has 2 N–H and O–H groups in total. The van der Waals surface area contributed by atoms with Gasteiger partial charge in [-0.1, -0.05) is 0 Å². The Bertz CT molecular complexity index is 119. The minimum Gasteiger partial charge on any atom is -0.481 e. The molecule has 11 heavy (non-hydrogen) atoms. The molecule has 0 aliphatic rings. The van der Waals surface area contributed by atoms with Gasteiger partial charge in [-0.05, 0) is 12.8 Å². The molecule has 0 aromatic heterocycles. The number of carboxylic acids is 2. The maximum absolute atomic E-state index is 9.90. The molecular formula is C6H10CeO4. The number of unbranched alkanes of at least 4 members (excludes halogenated alkanes) is 1. The third kappa shape index (κ3) is 13.3. The van der Waals surface area contributed by atoms with Crippen molar-refractivity contribution in [2.75, 3.05) is 0 Å². The monoisotopic (exact) mass is 286 g/mol. The smallest absolute Gasteiger partial charge is 0.303 e. The minimum absolute atomic E-state index is 0. The Morgan fingerprint density at radius 1 is 0.909 bits per heavy atom. The van der Waals surface area contributed by atoms with Crippen molar-refractivity contribution in [2.45, 2.75) is 25.7 Å². The van der Waals surface area contributed by atoms with E-state index in [0.29, 0.717) is 12.8 Å². The van der Waals surface area contributed by atoms with Crippen molar-refractivity contribution in [1.29, 1.82) is 0 Å². The van der Waals surface area contributed by atoms with Crippen LogP contribution in [0.2, 0.25) is 0 Å². The first-order valence-electron chi connectivity index (χ1n) is 3.06. The Balaban J connectivity index is 0. The molecule has 0 aromatic rings. The quantitative estimate of drug-likeness (QED) is 0.730. The molecule has 0 saturated heterocycles. The summed E-state index contributed by atoms with van der Waals surface area (Å²) in [6, 6.07) is 0. The Morgan fingerprint density at radius 2 is 1.18 bits per heavy atom. The average molecular weight is 286 g/mol. The van der Waals surface area contributed by atoms with Gasteiger partial charge in [-0.3, -0.25) is 9.59 Å². The summed E-state index contributed by atoms with van der Waals surface area (Å²) in [6.07, 6.45) is 1.02. The van der Waals surface area contributed by atoms with Crippen molar-refractivity contribution in [3.63, 3.8) is 0 Å². The molecule has 0 amide bonds. The second-order valence-corrected chi connectivity index (χ2v) is 1.99. The van der Waals surface area contributed by atoms with Crippen LogP contribution in [0.15, 0.2) is 0 Å². The molecule has 0 saturated carbocycles. The maximum atomic E-state index is 9.90. The zero-order valence-electron chi connectivity index (χ0n) is 6.04. The van der Waals surface area contributed by atoms with Crippen LogP contribution in [0.1, 0.15) is 25.7 Å². The summed E-state index contributed by atoms with van der Waals surface area (Å²) in [4.78, 5) is 19.8. The van der Waals surface area contributed by atoms with Crippen LogP contribution >= 0.6 is 0 Å². The third-order valence-electron chi connectivity index (χ3n) is 1.03. The van der Waals surface area contributed by atoms with Crippen molar-refractivity contribution in [3.05, 3.63) is 0 Å². The SMILES string of the molecule is O=C(O)CCCCC(=O)O.[Ce]. The van der Waals surface area contributed by atoms with Gasteiger partial charge in [-0.2, -0.15) is 0 Å². The minimum atomic E-state index is -0.870. The topological polar surface area (TPSA) is 74.6 Å². The van der Waals surface area contributed by atoms with Crippen LogP contribution in [-0.4, -0.2) is 22.2 Å². The molecular weight excluding hydrogens is 276 g/mol. The first-order valence-corrected chi connectivity index (χ1v) is 3.06. The van der Waals surface area contributed by atoms with E-state index in [1.54, 1.807) is 0 Å². The van der Waals surface area contributed by atoms with Crippen LogP contribution in [0.25, 0.3) is 0 Å². The first kappa shape index (κ1) is 13.9. The zero-order valence-corrected chi connectivity index (χ0v) is 9.18. The molecule has 0 aliphatic heterocycles. The molecule has 0 atom stereocenters. The molecule has 5 heteroatoms. The summed E-state index contributed by atoms with van der Waals surface area (Å²) in [7, 11) is 0. The molecule has 0 spiro atoms. The van der Waals surface area contributed by atoms with Crippen molar-refractivity contribution in [1.82, 2.24) is 0 Å². The van der Waals surface area contributed by atoms with Crippen LogP contribution < -0.4 is 0 Å². The molecule has 0 bridgehead atoms. The fourth-order valence-electron chi connectivity index (χ4n) is 0.552. The maximum Gasteiger partial charge on any atom is 0.303 e. The Hall–Kier alpha value is 0.317. The average Bonchev–Trinajstić information content (AvgIpc) is 1.79. The van der Waals surface area contributed by atoms with Crippen molar-refractivity contribution >= 4 is 11.9 Å². The Kier molecular flexibility index (Phi) is 10.6. The molecule has 0 aliphatic carbocycles. The van der Waals surface area contributed by atoms with Gasteiger partial charge in [0.15, 0.2) is 0 Å². The van der Waals surface area contributed by atoms with E-state index in [4.69, 9.17) is 10.2 Å². The standard InChI is InChI=1S/C6H10O4.Ce/c7-5(8)3-1-2-4-6(9)10;/h1-4H2,(H,7,8)(H,9,10);. The molecule has 0 unspecified atom stereocenters. The Labute approximate surface area is 98.4 Å². The van der Waals surface area contributed by atoms with Crippen LogP contribution in [0.5, 0.6) is 0 Å². The molecule has 62 valence electrons. The van der Waals surface area contributed by atoms with E-state index in [9.17, 15) is 9.59 Å². The summed E-state index contributed by atoms with van der Waals surface area (Å²) < 4.78 is 0. The summed E-state index contributed by atoms with van der Waals surface area (Å²) in [5.74, 6) is -1.74. The molecule has 0 fully saturated rings. The van der Waals surface area contributed by atoms with Gasteiger partial charge in [0.05, 0.1) is 0 Å². The van der Waals surface area contributed by atoms with E-state index in [1.807, 2.05) is 0 Å². The van der Waals surface area contributed by atoms with Gasteiger partial charge in [0.2, 0.25) is 0 Å².